The molecule has 0 unspecified atom stereocenters. The van der Waals surface area contributed by atoms with E-state index in [4.69, 9.17) is 4.74 Å². The summed E-state index contributed by atoms with van der Waals surface area (Å²) in [7, 11) is 0. The van der Waals surface area contributed by atoms with Gasteiger partial charge in [-0.25, -0.2) is 4.98 Å². The number of nitrogens with zero attached hydrogens (tertiary/aromatic N) is 3. The van der Waals surface area contributed by atoms with Crippen LogP contribution in [-0.4, -0.2) is 35.2 Å². The fourth-order valence-electron chi connectivity index (χ4n) is 1.52. The highest BCUT2D eigenvalue weighted by molar-refractivity contribution is 7.09. The minimum absolute atomic E-state index is 0.418. The Morgan fingerprint density at radius 1 is 1.64 bits per heavy atom. The van der Waals surface area contributed by atoms with E-state index in [2.05, 4.69) is 28.1 Å². The number of rotatable bonds is 2. The van der Waals surface area contributed by atoms with Gasteiger partial charge in [0, 0.05) is 24.5 Å². The molecule has 1 aromatic rings. The molecule has 0 radical (unpaired) electrons. The number of anilines is 1. The highest BCUT2D eigenvalue weighted by Gasteiger charge is 2.21. The van der Waals surface area contributed by atoms with E-state index in [0.29, 0.717) is 6.04 Å². The molecule has 0 spiro atoms. The lowest BCUT2D eigenvalue weighted by molar-refractivity contribution is 0.0989. The van der Waals surface area contributed by atoms with Crippen LogP contribution in [0.1, 0.15) is 19.7 Å². The minimum Gasteiger partial charge on any atom is -0.377 e. The van der Waals surface area contributed by atoms with Gasteiger partial charge in [0.15, 0.2) is 0 Å². The fraction of sp³-hybridized carbons (Fsp3) is 0.778. The van der Waals surface area contributed by atoms with Crippen molar-refractivity contribution >= 4 is 16.7 Å². The molecule has 0 N–H and O–H groups in total. The third-order valence-corrected chi connectivity index (χ3v) is 3.18. The average Bonchev–Trinajstić information content (AvgIpc) is 2.67. The molecule has 5 heteroatoms. The van der Waals surface area contributed by atoms with E-state index in [1.165, 1.54) is 11.5 Å². The van der Waals surface area contributed by atoms with E-state index < -0.39 is 0 Å². The molecular weight excluding hydrogens is 198 g/mol. The number of hydrogen-bond acceptors (Lipinski definition) is 5. The van der Waals surface area contributed by atoms with Crippen LogP contribution >= 0.6 is 11.5 Å². The van der Waals surface area contributed by atoms with E-state index in [0.717, 1.165) is 37.1 Å². The maximum Gasteiger partial charge on any atom is 0.205 e. The summed E-state index contributed by atoms with van der Waals surface area (Å²) in [6.07, 6.45) is 0.912. The largest absolute Gasteiger partial charge is 0.377 e. The molecule has 1 atom stereocenters. The van der Waals surface area contributed by atoms with Crippen molar-refractivity contribution in [2.24, 2.45) is 0 Å². The smallest absolute Gasteiger partial charge is 0.205 e. The number of aryl methyl sites for hydroxylation is 1. The molecule has 1 aliphatic rings. The van der Waals surface area contributed by atoms with Crippen molar-refractivity contribution in [2.75, 3.05) is 24.7 Å². The highest BCUT2D eigenvalue weighted by atomic mass is 32.1. The van der Waals surface area contributed by atoms with Crippen molar-refractivity contribution in [3.63, 3.8) is 0 Å². The van der Waals surface area contributed by atoms with E-state index in [1.807, 2.05) is 0 Å². The monoisotopic (exact) mass is 213 g/mol. The van der Waals surface area contributed by atoms with Gasteiger partial charge in [-0.15, -0.1) is 0 Å². The Kier molecular flexibility index (Phi) is 2.98. The van der Waals surface area contributed by atoms with Crippen molar-refractivity contribution in [2.45, 2.75) is 26.3 Å². The molecule has 1 aromatic heterocycles. The van der Waals surface area contributed by atoms with Gasteiger partial charge < -0.3 is 9.64 Å². The molecule has 2 heterocycles. The third-order valence-electron chi connectivity index (χ3n) is 2.39. The van der Waals surface area contributed by atoms with Crippen LogP contribution in [0.15, 0.2) is 0 Å². The first kappa shape index (κ1) is 9.86. The summed E-state index contributed by atoms with van der Waals surface area (Å²) in [5, 5.41) is 1.04. The van der Waals surface area contributed by atoms with E-state index >= 15 is 0 Å². The van der Waals surface area contributed by atoms with E-state index in [1.54, 1.807) is 0 Å². The topological polar surface area (TPSA) is 38.2 Å². The van der Waals surface area contributed by atoms with Crippen molar-refractivity contribution in [3.05, 3.63) is 5.82 Å². The second-order valence-electron chi connectivity index (χ2n) is 3.46. The van der Waals surface area contributed by atoms with E-state index in [9.17, 15) is 0 Å². The van der Waals surface area contributed by atoms with Gasteiger partial charge in [0.25, 0.3) is 0 Å². The molecule has 0 saturated carbocycles. The lowest BCUT2D eigenvalue weighted by atomic mass is 10.3. The van der Waals surface area contributed by atoms with Crippen molar-refractivity contribution < 1.29 is 4.74 Å². The van der Waals surface area contributed by atoms with Crippen LogP contribution in [0.2, 0.25) is 0 Å². The first-order valence-corrected chi connectivity index (χ1v) is 5.75. The number of morpholine rings is 1. The molecular formula is C9H15N3OS. The maximum atomic E-state index is 5.38. The van der Waals surface area contributed by atoms with Crippen LogP contribution in [-0.2, 0) is 11.2 Å². The predicted octanol–water partition coefficient (Wildman–Crippen LogP) is 1.33. The Balaban J connectivity index is 2.12. The van der Waals surface area contributed by atoms with Gasteiger partial charge in [-0.05, 0) is 6.92 Å². The first-order valence-electron chi connectivity index (χ1n) is 4.98. The third kappa shape index (κ3) is 1.88. The highest BCUT2D eigenvalue weighted by Crippen LogP contribution is 2.21. The predicted molar refractivity (Wildman–Crippen MR) is 56.9 cm³/mol. The molecule has 0 aliphatic carbocycles. The quantitative estimate of drug-likeness (QED) is 0.743. The fourth-order valence-corrected chi connectivity index (χ4v) is 2.40. The second-order valence-corrected chi connectivity index (χ2v) is 4.19. The van der Waals surface area contributed by atoms with Crippen LogP contribution in [0.25, 0.3) is 0 Å². The zero-order valence-corrected chi connectivity index (χ0v) is 9.38. The van der Waals surface area contributed by atoms with Gasteiger partial charge in [-0.3, -0.25) is 0 Å². The summed E-state index contributed by atoms with van der Waals surface area (Å²) in [6, 6.07) is 0.418. The number of ether oxygens (including phenoxy) is 1. The van der Waals surface area contributed by atoms with Crippen molar-refractivity contribution in [1.29, 1.82) is 0 Å². The Labute approximate surface area is 88.1 Å². The van der Waals surface area contributed by atoms with Gasteiger partial charge in [0.05, 0.1) is 19.3 Å². The Hall–Kier alpha value is -0.680. The van der Waals surface area contributed by atoms with E-state index in [-0.39, 0.29) is 0 Å². The SMILES string of the molecule is CCc1nsc(N2CCOC[C@H]2C)n1. The van der Waals surface area contributed by atoms with Gasteiger partial charge in [-0.1, -0.05) is 6.92 Å². The van der Waals surface area contributed by atoms with Crippen LogP contribution in [0.4, 0.5) is 5.13 Å². The molecule has 1 aliphatic heterocycles. The molecule has 78 valence electrons. The summed E-state index contributed by atoms with van der Waals surface area (Å²) in [6.45, 7) is 6.76. The lowest BCUT2D eigenvalue weighted by Gasteiger charge is -2.32. The summed E-state index contributed by atoms with van der Waals surface area (Å²) < 4.78 is 9.67. The van der Waals surface area contributed by atoms with Crippen LogP contribution in [0.3, 0.4) is 0 Å². The molecule has 14 heavy (non-hydrogen) atoms. The number of aromatic nitrogens is 2. The average molecular weight is 213 g/mol. The molecule has 0 bridgehead atoms. The second kappa shape index (κ2) is 4.23. The molecule has 2 rings (SSSR count). The molecule has 4 nitrogen and oxygen atoms in total. The van der Waals surface area contributed by atoms with Crippen molar-refractivity contribution in [3.8, 4) is 0 Å². The molecule has 0 amide bonds. The summed E-state index contributed by atoms with van der Waals surface area (Å²) in [5.41, 5.74) is 0. The van der Waals surface area contributed by atoms with Gasteiger partial charge in [-0.2, -0.15) is 4.37 Å². The van der Waals surface area contributed by atoms with Crippen molar-refractivity contribution in [1.82, 2.24) is 9.36 Å². The normalized spacial score (nSPS) is 22.7. The Morgan fingerprint density at radius 2 is 2.50 bits per heavy atom. The minimum atomic E-state index is 0.418. The zero-order chi connectivity index (χ0) is 9.97. The summed E-state index contributed by atoms with van der Waals surface area (Å²) in [4.78, 5) is 6.76. The molecule has 1 fully saturated rings. The number of hydrogen-bond donors (Lipinski definition) is 0. The summed E-state index contributed by atoms with van der Waals surface area (Å²) >= 11 is 1.49. The first-order chi connectivity index (χ1) is 6.81. The summed E-state index contributed by atoms with van der Waals surface area (Å²) in [5.74, 6) is 0.948. The lowest BCUT2D eigenvalue weighted by Crippen LogP contribution is -2.43. The van der Waals surface area contributed by atoms with Gasteiger partial charge in [0.2, 0.25) is 5.13 Å². The Bertz CT molecular complexity index is 302. The van der Waals surface area contributed by atoms with Gasteiger partial charge >= 0.3 is 0 Å². The van der Waals surface area contributed by atoms with Gasteiger partial charge in [0.1, 0.15) is 5.82 Å². The zero-order valence-electron chi connectivity index (χ0n) is 8.56. The van der Waals surface area contributed by atoms with Crippen LogP contribution in [0.5, 0.6) is 0 Å². The molecule has 1 saturated heterocycles. The maximum absolute atomic E-state index is 5.38. The van der Waals surface area contributed by atoms with Crippen LogP contribution in [0, 0.1) is 0 Å². The Morgan fingerprint density at radius 3 is 3.14 bits per heavy atom. The molecule has 0 aromatic carbocycles. The van der Waals surface area contributed by atoms with Crippen LogP contribution < -0.4 is 4.90 Å². The standard InChI is InChI=1S/C9H15N3OS/c1-3-8-10-9(14-11-8)12-4-5-13-6-7(12)2/h7H,3-6H2,1-2H3/t7-/m1/s1.